The van der Waals surface area contributed by atoms with Gasteiger partial charge < -0.3 is 10.0 Å². The molecule has 0 radical (unpaired) electrons. The number of hydrogen-bond acceptors (Lipinski definition) is 4. The van der Waals surface area contributed by atoms with Crippen LogP contribution in [-0.2, 0) is 19.6 Å². The summed E-state index contributed by atoms with van der Waals surface area (Å²) in [7, 11) is -4.06. The average molecular weight is 386 g/mol. The van der Waals surface area contributed by atoms with Crippen LogP contribution in [0.2, 0.25) is 0 Å². The van der Waals surface area contributed by atoms with E-state index in [1.807, 2.05) is 0 Å². The fraction of sp³-hybridized carbons (Fsp3) is 0.857. The Balaban J connectivity index is 2.05. The van der Waals surface area contributed by atoms with Crippen LogP contribution in [0, 0.1) is 5.41 Å². The Kier molecular flexibility index (Phi) is 5.39. The van der Waals surface area contributed by atoms with Gasteiger partial charge in [-0.2, -0.15) is 17.5 Å². The molecule has 0 aromatic rings. The van der Waals surface area contributed by atoms with Gasteiger partial charge in [-0.1, -0.05) is 6.42 Å². The molecule has 25 heavy (non-hydrogen) atoms. The van der Waals surface area contributed by atoms with Gasteiger partial charge in [0, 0.05) is 19.1 Å². The van der Waals surface area contributed by atoms with Crippen molar-refractivity contribution in [2.24, 2.45) is 5.41 Å². The summed E-state index contributed by atoms with van der Waals surface area (Å²) in [5.74, 6) is -1.70. The largest absolute Gasteiger partial charge is 0.480 e. The Morgan fingerprint density at radius 2 is 1.76 bits per heavy atom. The minimum atomic E-state index is -4.66. The van der Waals surface area contributed by atoms with Crippen molar-refractivity contribution in [3.05, 3.63) is 0 Å². The van der Waals surface area contributed by atoms with E-state index in [-0.39, 0.29) is 38.8 Å². The van der Waals surface area contributed by atoms with Crippen molar-refractivity contribution in [2.45, 2.75) is 44.3 Å². The van der Waals surface area contributed by atoms with Crippen molar-refractivity contribution in [1.82, 2.24) is 9.21 Å². The van der Waals surface area contributed by atoms with Crippen LogP contribution < -0.4 is 0 Å². The number of carbonyl (C=O) groups excluding carboxylic acids is 1. The minimum absolute atomic E-state index is 0.0441. The Bertz CT molecular complexity index is 637. The number of nitrogens with zero attached hydrogens (tertiary/aromatic N) is 2. The predicted molar refractivity (Wildman–Crippen MR) is 81.1 cm³/mol. The molecule has 1 saturated carbocycles. The monoisotopic (exact) mass is 386 g/mol. The van der Waals surface area contributed by atoms with Gasteiger partial charge in [-0.15, -0.1) is 0 Å². The molecule has 144 valence electrons. The number of carboxylic acids is 1. The first-order chi connectivity index (χ1) is 11.4. The van der Waals surface area contributed by atoms with Crippen molar-refractivity contribution in [3.63, 3.8) is 0 Å². The fourth-order valence-corrected chi connectivity index (χ4v) is 4.54. The van der Waals surface area contributed by atoms with Crippen LogP contribution in [0.25, 0.3) is 0 Å². The van der Waals surface area contributed by atoms with Gasteiger partial charge in [-0.3, -0.25) is 9.59 Å². The summed E-state index contributed by atoms with van der Waals surface area (Å²) >= 11 is 0. The number of carboxylic acid groups (broad SMARTS) is 1. The van der Waals surface area contributed by atoms with Gasteiger partial charge >= 0.3 is 12.1 Å². The first-order valence-corrected chi connectivity index (χ1v) is 9.78. The van der Waals surface area contributed by atoms with Crippen molar-refractivity contribution < 1.29 is 36.3 Å². The Labute approximate surface area is 143 Å². The molecule has 2 rings (SSSR count). The van der Waals surface area contributed by atoms with Gasteiger partial charge in [0.15, 0.2) is 0 Å². The van der Waals surface area contributed by atoms with Crippen LogP contribution in [0.5, 0.6) is 0 Å². The molecule has 1 saturated heterocycles. The quantitative estimate of drug-likeness (QED) is 0.713. The lowest BCUT2D eigenvalue weighted by Crippen LogP contribution is -2.56. The van der Waals surface area contributed by atoms with E-state index in [2.05, 4.69) is 0 Å². The van der Waals surface area contributed by atoms with Crippen LogP contribution in [0.3, 0.4) is 0 Å². The summed E-state index contributed by atoms with van der Waals surface area (Å²) in [6.07, 6.45) is -2.69. The van der Waals surface area contributed by atoms with Crippen molar-refractivity contribution in [1.29, 1.82) is 0 Å². The molecule has 0 atom stereocenters. The number of halogens is 3. The molecule has 1 N–H and O–H groups in total. The SMILES string of the molecule is CS(=O)(=O)N(CC(F)(F)F)C1CCN(C(=O)C2(C(=O)O)CCC2)CC1. The molecule has 0 bridgehead atoms. The lowest BCUT2D eigenvalue weighted by atomic mass is 9.67. The molecule has 1 heterocycles. The summed E-state index contributed by atoms with van der Waals surface area (Å²) in [4.78, 5) is 25.2. The van der Waals surface area contributed by atoms with E-state index in [0.717, 1.165) is 6.26 Å². The molecule has 1 aliphatic heterocycles. The number of sulfonamides is 1. The van der Waals surface area contributed by atoms with Gasteiger partial charge in [0.25, 0.3) is 0 Å². The number of amides is 1. The van der Waals surface area contributed by atoms with Crippen molar-refractivity contribution in [2.75, 3.05) is 25.9 Å². The molecule has 0 unspecified atom stereocenters. The van der Waals surface area contributed by atoms with Crippen LogP contribution in [-0.4, -0.2) is 72.7 Å². The highest BCUT2D eigenvalue weighted by Gasteiger charge is 2.53. The molecule has 2 aliphatic rings. The summed E-state index contributed by atoms with van der Waals surface area (Å²) in [6, 6.07) is -0.858. The summed E-state index contributed by atoms with van der Waals surface area (Å²) in [5.41, 5.74) is -1.42. The van der Waals surface area contributed by atoms with Gasteiger partial charge in [0.2, 0.25) is 15.9 Å². The average Bonchev–Trinajstić information content (AvgIpc) is 2.41. The molecule has 7 nitrogen and oxygen atoms in total. The van der Waals surface area contributed by atoms with E-state index in [9.17, 15) is 36.3 Å². The molecule has 0 spiro atoms. The van der Waals surface area contributed by atoms with E-state index in [0.29, 0.717) is 10.7 Å². The lowest BCUT2D eigenvalue weighted by molar-refractivity contribution is -0.168. The second kappa shape index (κ2) is 6.75. The maximum absolute atomic E-state index is 12.7. The van der Waals surface area contributed by atoms with Crippen LogP contribution in [0.4, 0.5) is 13.2 Å². The third-order valence-corrected chi connectivity index (χ3v) is 6.23. The zero-order chi connectivity index (χ0) is 19.0. The third kappa shape index (κ3) is 4.25. The van der Waals surface area contributed by atoms with E-state index >= 15 is 0 Å². The van der Waals surface area contributed by atoms with Crippen molar-refractivity contribution >= 4 is 21.9 Å². The zero-order valence-electron chi connectivity index (χ0n) is 13.8. The number of likely N-dealkylation sites (tertiary alicyclic amines) is 1. The number of piperidine rings is 1. The maximum Gasteiger partial charge on any atom is 0.402 e. The first-order valence-electron chi connectivity index (χ1n) is 7.93. The van der Waals surface area contributed by atoms with Gasteiger partial charge in [0.1, 0.15) is 12.0 Å². The summed E-state index contributed by atoms with van der Waals surface area (Å²) in [5, 5.41) is 9.30. The number of rotatable bonds is 5. The summed E-state index contributed by atoms with van der Waals surface area (Å²) in [6.45, 7) is -1.48. The van der Waals surface area contributed by atoms with E-state index < -0.39 is 46.1 Å². The van der Waals surface area contributed by atoms with Gasteiger partial charge in [-0.25, -0.2) is 8.42 Å². The number of alkyl halides is 3. The Morgan fingerprint density at radius 3 is 2.08 bits per heavy atom. The Hall–Kier alpha value is -1.36. The predicted octanol–water partition coefficient (Wildman–Crippen LogP) is 1.06. The molecule has 0 aromatic heterocycles. The topological polar surface area (TPSA) is 95.0 Å². The van der Waals surface area contributed by atoms with E-state index in [1.165, 1.54) is 4.90 Å². The van der Waals surface area contributed by atoms with Crippen LogP contribution in [0.15, 0.2) is 0 Å². The van der Waals surface area contributed by atoms with E-state index in [1.54, 1.807) is 0 Å². The van der Waals surface area contributed by atoms with Crippen LogP contribution >= 0.6 is 0 Å². The molecule has 1 amide bonds. The highest BCUT2D eigenvalue weighted by Crippen LogP contribution is 2.43. The molecule has 11 heteroatoms. The first kappa shape index (κ1) is 20.0. The second-order valence-electron chi connectivity index (χ2n) is 6.69. The van der Waals surface area contributed by atoms with Gasteiger partial charge in [-0.05, 0) is 25.7 Å². The second-order valence-corrected chi connectivity index (χ2v) is 8.62. The molecular formula is C14H21F3N2O5S. The van der Waals surface area contributed by atoms with Gasteiger partial charge in [0.05, 0.1) is 6.26 Å². The Morgan fingerprint density at radius 1 is 1.24 bits per heavy atom. The minimum Gasteiger partial charge on any atom is -0.480 e. The summed E-state index contributed by atoms with van der Waals surface area (Å²) < 4.78 is 61.8. The normalized spacial score (nSPS) is 21.9. The van der Waals surface area contributed by atoms with Crippen LogP contribution in [0.1, 0.15) is 32.1 Å². The lowest BCUT2D eigenvalue weighted by Gasteiger charge is -2.43. The number of aliphatic carboxylic acids is 1. The molecule has 2 fully saturated rings. The smallest absolute Gasteiger partial charge is 0.402 e. The molecule has 0 aromatic carbocycles. The standard InChI is InChI=1S/C14H21F3N2O5S/c1-25(23,24)19(9-14(15,16)17)10-3-7-18(8-4-10)11(20)13(12(21)22)5-2-6-13/h10H,2-9H2,1H3,(H,21,22). The van der Waals surface area contributed by atoms with Crippen molar-refractivity contribution in [3.8, 4) is 0 Å². The number of carbonyl (C=O) groups is 2. The zero-order valence-corrected chi connectivity index (χ0v) is 14.6. The molecule has 1 aliphatic carbocycles. The van der Waals surface area contributed by atoms with E-state index in [4.69, 9.17) is 0 Å². The third-order valence-electron chi connectivity index (χ3n) is 4.95. The highest BCUT2D eigenvalue weighted by molar-refractivity contribution is 7.88. The number of hydrogen-bond donors (Lipinski definition) is 1. The highest BCUT2D eigenvalue weighted by atomic mass is 32.2. The molecular weight excluding hydrogens is 365 g/mol. The maximum atomic E-state index is 12.7. The fourth-order valence-electron chi connectivity index (χ4n) is 3.40.